The number of halogens is 9. The van der Waals surface area contributed by atoms with Gasteiger partial charge in [-0.3, -0.25) is 4.18 Å². The van der Waals surface area contributed by atoms with Gasteiger partial charge in [0, 0.05) is 11.1 Å². The number of benzene rings is 4. The Labute approximate surface area is 381 Å². The second kappa shape index (κ2) is 19.6. The molecule has 0 amide bonds. The summed E-state index contributed by atoms with van der Waals surface area (Å²) in [5, 5.41) is 1.89. The highest BCUT2D eigenvalue weighted by Crippen LogP contribution is 2.40. The van der Waals surface area contributed by atoms with Crippen LogP contribution < -0.4 is 0 Å². The zero-order chi connectivity index (χ0) is 45.3. The number of rotatable bonds is 5. The molecule has 4 aliphatic heterocycles. The summed E-state index contributed by atoms with van der Waals surface area (Å²) in [5.41, 5.74) is -1.12. The summed E-state index contributed by atoms with van der Waals surface area (Å²) in [6.45, 7) is -0.246. The monoisotopic (exact) mass is 994 g/mol. The van der Waals surface area contributed by atoms with E-state index in [2.05, 4.69) is 19.1 Å². The van der Waals surface area contributed by atoms with Gasteiger partial charge < -0.3 is 38.0 Å². The first-order valence-electron chi connectivity index (χ1n) is 19.3. The number of hydrogen-bond donors (Lipinski definition) is 1. The van der Waals surface area contributed by atoms with E-state index in [1.807, 2.05) is 30.3 Å². The number of ether oxygens (including phenoxy) is 6. The molecule has 0 spiro atoms. The van der Waals surface area contributed by atoms with Gasteiger partial charge in [0.05, 0.1) is 87.3 Å². The number of fused-ring (bicyclic) bond motifs is 4. The van der Waals surface area contributed by atoms with Crippen molar-refractivity contribution in [2.75, 3.05) is 26.4 Å². The van der Waals surface area contributed by atoms with Crippen LogP contribution in [0.25, 0.3) is 22.1 Å². The van der Waals surface area contributed by atoms with Crippen molar-refractivity contribution in [1.82, 2.24) is 19.5 Å². The number of alkyl halides is 5. The second-order valence-electron chi connectivity index (χ2n) is 14.7. The van der Waals surface area contributed by atoms with Gasteiger partial charge in [-0.2, -0.15) is 21.6 Å². The summed E-state index contributed by atoms with van der Waals surface area (Å²) in [6, 6.07) is 24.3. The Kier molecular flexibility index (Phi) is 14.4. The van der Waals surface area contributed by atoms with Crippen molar-refractivity contribution < 1.29 is 63.0 Å². The maximum Gasteiger partial charge on any atom is 0.523 e. The first-order chi connectivity index (χ1) is 30.6. The molecule has 0 radical (unpaired) electrons. The normalized spacial score (nSPS) is 28.3. The first kappa shape index (κ1) is 46.8. The smallest absolute Gasteiger partial charge is 0.371 e. The molecule has 0 aliphatic carbocycles. The topological polar surface area (TPSA) is 145 Å². The zero-order valence-electron chi connectivity index (χ0n) is 32.7. The molecule has 0 saturated carbocycles. The van der Waals surface area contributed by atoms with E-state index in [0.29, 0.717) is 36.7 Å². The Bertz CT molecular complexity index is 2620. The minimum atomic E-state index is -5.94. The van der Waals surface area contributed by atoms with Gasteiger partial charge in [-0.15, -0.1) is 0 Å². The average Bonchev–Trinajstić information content (AvgIpc) is 3.91. The van der Waals surface area contributed by atoms with Crippen LogP contribution >= 0.6 is 46.4 Å². The Morgan fingerprint density at radius 1 is 0.672 bits per heavy atom. The molecular formula is C41H35Cl4F5N4O9S. The van der Waals surface area contributed by atoms with Gasteiger partial charge in [0.1, 0.15) is 30.5 Å². The van der Waals surface area contributed by atoms with Crippen molar-refractivity contribution in [2.24, 2.45) is 0 Å². The number of nitrogens with one attached hydrogen (secondary N) is 1. The van der Waals surface area contributed by atoms with Gasteiger partial charge in [0.2, 0.25) is 0 Å². The maximum atomic E-state index is 15.6. The zero-order valence-corrected chi connectivity index (χ0v) is 36.5. The van der Waals surface area contributed by atoms with Crippen LogP contribution in [0.5, 0.6) is 0 Å². The van der Waals surface area contributed by atoms with E-state index >= 15 is 4.39 Å². The molecule has 0 bridgehead atoms. The average molecular weight is 997 g/mol. The third-order valence-corrected chi connectivity index (χ3v) is 13.0. The van der Waals surface area contributed by atoms with E-state index in [0.717, 1.165) is 16.6 Å². The van der Waals surface area contributed by atoms with Crippen LogP contribution in [0, 0.1) is 0 Å². The van der Waals surface area contributed by atoms with E-state index in [1.54, 1.807) is 71.8 Å². The van der Waals surface area contributed by atoms with Crippen LogP contribution in [0.3, 0.4) is 0 Å². The van der Waals surface area contributed by atoms with Crippen molar-refractivity contribution in [3.63, 3.8) is 0 Å². The number of imidazole rings is 2. The van der Waals surface area contributed by atoms with Gasteiger partial charge in [-0.1, -0.05) is 107 Å². The molecule has 4 aliphatic rings. The van der Waals surface area contributed by atoms with Crippen LogP contribution in [0.15, 0.2) is 97.6 Å². The fourth-order valence-electron chi connectivity index (χ4n) is 7.31. The fraction of sp³-hybridized carbons (Fsp3) is 0.366. The largest absolute Gasteiger partial charge is 0.523 e. The minimum absolute atomic E-state index is 0.0522. The van der Waals surface area contributed by atoms with E-state index in [-0.39, 0.29) is 19.8 Å². The van der Waals surface area contributed by atoms with Gasteiger partial charge in [-0.05, 0) is 24.3 Å². The van der Waals surface area contributed by atoms with Gasteiger partial charge in [-0.25, -0.2) is 18.7 Å². The Balaban J connectivity index is 0.000000143. The number of nitrogens with zero attached hydrogens (tertiary/aromatic N) is 3. The quantitative estimate of drug-likeness (QED) is 0.100. The first-order valence-corrected chi connectivity index (χ1v) is 22.2. The van der Waals surface area contributed by atoms with Gasteiger partial charge in [0.15, 0.2) is 24.9 Å². The molecule has 342 valence electrons. The molecule has 10 atom stereocenters. The van der Waals surface area contributed by atoms with E-state index in [1.165, 1.54) is 0 Å². The van der Waals surface area contributed by atoms with Crippen molar-refractivity contribution in [3.05, 3.63) is 129 Å². The predicted octanol–water partition coefficient (Wildman–Crippen LogP) is 9.68. The van der Waals surface area contributed by atoms with Crippen LogP contribution in [-0.2, 0) is 42.7 Å². The summed E-state index contributed by atoms with van der Waals surface area (Å²) in [6.07, 6.45) is -7.11. The summed E-state index contributed by atoms with van der Waals surface area (Å²) in [4.78, 5) is 11.3. The third kappa shape index (κ3) is 10.2. The fourth-order valence-corrected chi connectivity index (χ4v) is 8.55. The Hall–Kier alpha value is -3.70. The second-order valence-corrected chi connectivity index (χ2v) is 17.9. The summed E-state index contributed by atoms with van der Waals surface area (Å²) >= 11 is 23.7. The Morgan fingerprint density at radius 2 is 1.20 bits per heavy atom. The van der Waals surface area contributed by atoms with Crippen molar-refractivity contribution in [2.45, 2.75) is 67.0 Å². The number of H-pyrrole nitrogens is 1. The lowest BCUT2D eigenvalue weighted by molar-refractivity contribution is -0.303. The Morgan fingerprint density at radius 3 is 1.80 bits per heavy atom. The highest BCUT2D eigenvalue weighted by molar-refractivity contribution is 7.87. The number of hydrogen-bond acceptors (Lipinski definition) is 11. The van der Waals surface area contributed by atoms with Gasteiger partial charge in [0.25, 0.3) is 0 Å². The molecule has 6 heterocycles. The summed E-state index contributed by atoms with van der Waals surface area (Å²) < 4.78 is 129. The van der Waals surface area contributed by atoms with Crippen LogP contribution in [0.2, 0.25) is 20.1 Å². The SMILES string of the molecule is Clc1cc2nc[nH]c2cc1Cl.F[C@@H]1[C@@H]2OC(c3ccccc3)OC[C@H]2OC[C@H]1n1cnc2cc(Cl)c(Cl)cc21.O=S(=O)(O[C@H]1CO[C@@H]2COC(c3ccccc3)O[C@H]2[C@H]1F)C(F)(F)F. The predicted molar refractivity (Wildman–Crippen MR) is 224 cm³/mol. The molecule has 13 nitrogen and oxygen atoms in total. The highest BCUT2D eigenvalue weighted by atomic mass is 35.5. The van der Waals surface area contributed by atoms with Crippen molar-refractivity contribution in [1.29, 1.82) is 0 Å². The maximum absolute atomic E-state index is 15.6. The molecule has 2 unspecified atom stereocenters. The lowest BCUT2D eigenvalue weighted by atomic mass is 9.98. The standard InChI is InChI=1S/C20H17Cl2FN2O3.C14H14F4O6S.C7H4Cl2N2/c21-12-6-14-15(7-13(12)22)25(10-24-14)16-8-26-17-9-27-20(28-19(17)18(16)23)11-4-2-1-3-5-11;15-11-9(24-25(19,20)14(16,17)18)6-21-10-7-22-13(23-12(10)11)8-4-2-1-3-5-8;8-4-1-6-7(2-5(4)9)11-3-10-6/h1-7,10,16-20H,8-9H2;1-5,9-13H,6-7H2;1-3H,(H,10,11)/t16-,17-,18+,19-,20?;9-,10+,11-,12+,13?;/m10./s1. The molecular weight excluding hydrogens is 961 g/mol. The molecule has 23 heteroatoms. The summed E-state index contributed by atoms with van der Waals surface area (Å²) in [7, 11) is -5.94. The number of aromatic amines is 1. The molecule has 4 fully saturated rings. The molecule has 1 N–H and O–H groups in total. The molecule has 4 aromatic carbocycles. The molecule has 6 aromatic rings. The van der Waals surface area contributed by atoms with E-state index < -0.39 is 83.7 Å². The van der Waals surface area contributed by atoms with E-state index in [4.69, 9.17) is 74.8 Å². The van der Waals surface area contributed by atoms with E-state index in [9.17, 15) is 26.0 Å². The lowest BCUT2D eigenvalue weighted by Gasteiger charge is -2.44. The highest BCUT2D eigenvalue weighted by Gasteiger charge is 2.54. The number of aromatic nitrogens is 4. The van der Waals surface area contributed by atoms with Crippen LogP contribution in [-0.4, -0.2) is 103 Å². The summed E-state index contributed by atoms with van der Waals surface area (Å²) in [5.74, 6) is 0. The lowest BCUT2D eigenvalue weighted by Crippen LogP contribution is -2.57. The van der Waals surface area contributed by atoms with Crippen LogP contribution in [0.4, 0.5) is 22.0 Å². The molecule has 2 aromatic heterocycles. The molecule has 10 rings (SSSR count). The minimum Gasteiger partial charge on any atom is -0.371 e. The van der Waals surface area contributed by atoms with Gasteiger partial charge >= 0.3 is 15.6 Å². The third-order valence-electron chi connectivity index (χ3n) is 10.5. The molecule has 4 saturated heterocycles. The van der Waals surface area contributed by atoms with Crippen molar-refractivity contribution in [3.8, 4) is 0 Å². The van der Waals surface area contributed by atoms with Crippen molar-refractivity contribution >= 4 is 78.6 Å². The molecule has 64 heavy (non-hydrogen) atoms. The van der Waals surface area contributed by atoms with Crippen LogP contribution in [0.1, 0.15) is 29.7 Å².